The number of ketones is 1. The van der Waals surface area contributed by atoms with Crippen LogP contribution in [-0.4, -0.2) is 75.6 Å². The molecule has 0 aliphatic rings. The lowest BCUT2D eigenvalue weighted by Crippen LogP contribution is -2.55. The molecule has 468 valence electrons. The molecule has 4 rings (SSSR count). The van der Waals surface area contributed by atoms with Gasteiger partial charge >= 0.3 is 0 Å². The van der Waals surface area contributed by atoms with E-state index < -0.39 is 50.2 Å². The fourth-order valence-electron chi connectivity index (χ4n) is 10.2. The Morgan fingerprint density at radius 1 is 0.643 bits per heavy atom. The van der Waals surface area contributed by atoms with Crippen LogP contribution in [0.4, 0.5) is 0 Å². The highest BCUT2D eigenvalue weighted by molar-refractivity contribution is 7.09. The number of carbonyl (C=O) groups is 1. The second-order valence-corrected chi connectivity index (χ2v) is 50.9. The summed E-state index contributed by atoms with van der Waals surface area (Å²) in [5.41, 5.74) is 4.79. The summed E-state index contributed by atoms with van der Waals surface area (Å²) in [5, 5.41) is 3.12. The van der Waals surface area contributed by atoms with Crippen molar-refractivity contribution in [2.24, 2.45) is 17.3 Å². The number of hydrogen-bond donors (Lipinski definition) is 0. The maximum atomic E-state index is 16.1. The number of benzene rings is 3. The molecule has 12 heteroatoms. The molecule has 0 spiro atoms. The van der Waals surface area contributed by atoms with Gasteiger partial charge in [0.05, 0.1) is 41.0 Å². The normalized spacial score (nSPS) is 16.6. The van der Waals surface area contributed by atoms with Crippen LogP contribution in [0, 0.1) is 24.2 Å². The van der Waals surface area contributed by atoms with E-state index in [1.807, 2.05) is 6.08 Å². The summed E-state index contributed by atoms with van der Waals surface area (Å²) in [4.78, 5) is 20.9. The molecule has 1 aromatic heterocycles. The summed E-state index contributed by atoms with van der Waals surface area (Å²) in [6.45, 7) is 62.3. The Bertz CT molecular complexity index is 2650. The minimum absolute atomic E-state index is 0.0115. The number of aromatic nitrogens is 1. The molecule has 7 nitrogen and oxygen atoms in total. The van der Waals surface area contributed by atoms with Crippen LogP contribution in [-0.2, 0) is 32.8 Å². The number of Topliss-reactive ketones (excluding diaryl/α,β-unsaturated/α-hetero) is 1. The number of rotatable bonds is 31. The molecule has 0 radical (unpaired) electrons. The average Bonchev–Trinajstić information content (AvgIpc) is 1.40. The van der Waals surface area contributed by atoms with E-state index in [2.05, 4.69) is 285 Å². The van der Waals surface area contributed by atoms with E-state index in [0.717, 1.165) is 52.2 Å². The van der Waals surface area contributed by atoms with Crippen molar-refractivity contribution in [3.8, 4) is 0 Å². The third-order valence-electron chi connectivity index (χ3n) is 20.0. The number of thiazole rings is 1. The number of carbonyl (C=O) groups excluding carboxylic acids is 1. The molecule has 84 heavy (non-hydrogen) atoms. The number of ether oxygens (including phenoxy) is 1. The molecule has 6 atom stereocenters. The first-order valence-corrected chi connectivity index (χ1v) is 44.0. The molecule has 4 aromatic rings. The molecule has 1 heterocycles. The molecule has 0 bridgehead atoms. The number of allylic oxidation sites excluding steroid dienone is 1. The Balaban J connectivity index is 1.87. The number of aryl methyl sites for hydroxylation is 1. The van der Waals surface area contributed by atoms with Gasteiger partial charge in [-0.3, -0.25) is 4.79 Å². The topological polar surface area (TPSA) is 76.1 Å². The summed E-state index contributed by atoms with van der Waals surface area (Å²) in [6.07, 6.45) is 10.1. The van der Waals surface area contributed by atoms with Crippen molar-refractivity contribution < 1.29 is 27.2 Å². The van der Waals surface area contributed by atoms with Crippen LogP contribution in [0.5, 0.6) is 0 Å². The van der Waals surface area contributed by atoms with Crippen LogP contribution in [0.15, 0.2) is 126 Å². The van der Waals surface area contributed by atoms with E-state index >= 15 is 4.79 Å². The third-order valence-corrected chi connectivity index (χ3v) is 38.8. The molecule has 0 unspecified atom stereocenters. The quantitative estimate of drug-likeness (QED) is 0.0282. The lowest BCUT2D eigenvalue weighted by atomic mass is 9.70. The van der Waals surface area contributed by atoms with E-state index in [1.165, 1.54) is 5.57 Å². The van der Waals surface area contributed by atoms with Crippen molar-refractivity contribution in [3.63, 3.8) is 0 Å². The minimum atomic E-state index is -2.42. The van der Waals surface area contributed by atoms with Crippen molar-refractivity contribution in [2.45, 2.75) is 253 Å². The molecule has 0 amide bonds. The van der Waals surface area contributed by atoms with Crippen molar-refractivity contribution in [3.05, 3.63) is 154 Å². The smallest absolute Gasteiger partial charge is 0.192 e. The Morgan fingerprint density at radius 3 is 1.52 bits per heavy atom. The molecule has 3 aromatic carbocycles. The Kier molecular flexibility index (Phi) is 25.7. The number of hydrogen-bond acceptors (Lipinski definition) is 8. The van der Waals surface area contributed by atoms with Crippen molar-refractivity contribution in [1.29, 1.82) is 0 Å². The van der Waals surface area contributed by atoms with E-state index in [0.29, 0.717) is 32.5 Å². The van der Waals surface area contributed by atoms with Crippen molar-refractivity contribution in [2.75, 3.05) is 13.2 Å². The van der Waals surface area contributed by atoms with Crippen LogP contribution in [0.2, 0.25) is 72.5 Å². The van der Waals surface area contributed by atoms with E-state index in [-0.39, 0.29) is 50.2 Å². The first-order valence-electron chi connectivity index (χ1n) is 31.5. The van der Waals surface area contributed by atoms with Crippen molar-refractivity contribution >= 4 is 56.5 Å². The predicted molar refractivity (Wildman–Crippen MR) is 372 cm³/mol. The van der Waals surface area contributed by atoms with Gasteiger partial charge < -0.3 is 22.4 Å². The van der Waals surface area contributed by atoms with Gasteiger partial charge in [-0.2, -0.15) is 0 Å². The lowest BCUT2D eigenvalue weighted by Gasteiger charge is -2.48. The molecular weight excluding hydrogens is 1120 g/mol. The van der Waals surface area contributed by atoms with Crippen molar-refractivity contribution in [1.82, 2.24) is 4.98 Å². The maximum absolute atomic E-state index is 16.1. The van der Waals surface area contributed by atoms with Gasteiger partial charge in [0.2, 0.25) is 0 Å². The molecule has 0 saturated carbocycles. The van der Waals surface area contributed by atoms with Crippen LogP contribution in [0.1, 0.15) is 177 Å². The van der Waals surface area contributed by atoms with Gasteiger partial charge in [0, 0.05) is 17.9 Å². The highest BCUT2D eigenvalue weighted by atomic mass is 32.1. The average molecular weight is 1240 g/mol. The van der Waals surface area contributed by atoms with Crippen LogP contribution >= 0.6 is 11.3 Å². The van der Waals surface area contributed by atoms with Crippen LogP contribution in [0.3, 0.4) is 0 Å². The Labute approximate surface area is 522 Å². The van der Waals surface area contributed by atoms with Gasteiger partial charge in [-0.1, -0.05) is 200 Å². The fourth-order valence-corrected chi connectivity index (χ4v) is 16.1. The van der Waals surface area contributed by atoms with E-state index in [1.54, 1.807) is 11.3 Å². The zero-order chi connectivity index (χ0) is 63.5. The lowest BCUT2D eigenvalue weighted by molar-refractivity contribution is -0.142. The largest absolute Gasteiger partial charge is 0.417 e. The van der Waals surface area contributed by atoms with Crippen LogP contribution < -0.4 is 0 Å². The summed E-state index contributed by atoms with van der Waals surface area (Å²) >= 11 is 1.67. The zero-order valence-corrected chi connectivity index (χ0v) is 62.3. The molecule has 0 N–H and O–H groups in total. The first-order chi connectivity index (χ1) is 38.6. The zero-order valence-electron chi connectivity index (χ0n) is 57.5. The summed E-state index contributed by atoms with van der Waals surface area (Å²) in [6, 6.07) is 32.0. The summed E-state index contributed by atoms with van der Waals surface area (Å²) in [5.74, 6) is -0.184. The fraction of sp³-hybridized carbons (Fsp3) is 0.611. The predicted octanol–water partition coefficient (Wildman–Crippen LogP) is 21.4. The SMILES string of the molecule is C=CC[C@](C)(C(=O)[C@@H](C)[C@H](O[Si](C)(C)C(C)(C)C)[C@@H](C)CCC/C(=C\C[C@H](O[Si](C)(C)C(C)(C)C)/C(C)=C/c1csc(C)n1)COC(c1ccccc1)(c1ccccc1)c1ccccc1)[C@H](CCO[Si](C)(C)C(C)(C)C)O[Si](C)(C)C(C)(C)C. The van der Waals surface area contributed by atoms with E-state index in [4.69, 9.17) is 27.4 Å². The van der Waals surface area contributed by atoms with Gasteiger partial charge in [-0.25, -0.2) is 4.98 Å². The van der Waals surface area contributed by atoms with Gasteiger partial charge in [0.1, 0.15) is 11.4 Å². The standard InChI is InChI=1S/C72H117NO6SSi4/c1-27-49-71(18,64(78-83(23,24)69(12,13)14)48-50-76-81(19,20)67(6,7)8)66(74)56(4)65(79-84(25,26)70(15,16)17)54(2)38-37-39-58(46-47-63(77-82(21,22)68(9,10)11)55(3)51-62-53-80-57(5)73-62)52-75-72(59-40-31-28-32-41-59,60-42-33-29-34-43-60)61-44-35-30-36-45-61/h27-36,40-46,51,53-54,56,63-65H,1,37-39,47-50,52H2,2-26H3/b55-51+,58-46+/t54-,56-,63-,64-,65+,71-/m0/s1. The highest BCUT2D eigenvalue weighted by Gasteiger charge is 2.51. The summed E-state index contributed by atoms with van der Waals surface area (Å²) in [7, 11) is -9.13. The minimum Gasteiger partial charge on any atom is -0.417 e. The van der Waals surface area contributed by atoms with Crippen LogP contribution in [0.25, 0.3) is 6.08 Å². The van der Waals surface area contributed by atoms with E-state index in [9.17, 15) is 0 Å². The molecule has 0 aliphatic carbocycles. The molecular formula is C72H117NO6SSi4. The molecule has 0 fully saturated rings. The molecule has 0 saturated heterocycles. The Morgan fingerprint density at radius 2 is 1.10 bits per heavy atom. The molecule has 0 aliphatic heterocycles. The van der Waals surface area contributed by atoms with Gasteiger partial charge in [-0.05, 0) is 172 Å². The Hall–Kier alpha value is -3.15. The third kappa shape index (κ3) is 18.9. The highest BCUT2D eigenvalue weighted by Crippen LogP contribution is 2.47. The number of nitrogens with zero attached hydrogens (tertiary/aromatic N) is 1. The summed E-state index contributed by atoms with van der Waals surface area (Å²) < 4.78 is 37.1. The second-order valence-electron chi connectivity index (χ2n) is 30.8. The van der Waals surface area contributed by atoms with Gasteiger partial charge in [0.25, 0.3) is 0 Å². The second kappa shape index (κ2) is 29.4. The maximum Gasteiger partial charge on any atom is 0.192 e. The van der Waals surface area contributed by atoms with Gasteiger partial charge in [0.15, 0.2) is 33.3 Å². The monoisotopic (exact) mass is 1240 g/mol. The first kappa shape index (κ1) is 73.3. The van der Waals surface area contributed by atoms with Gasteiger partial charge in [-0.15, -0.1) is 17.9 Å².